The van der Waals surface area contributed by atoms with Crippen LogP contribution in [-0.2, 0) is 0 Å². The van der Waals surface area contributed by atoms with Gasteiger partial charge in [-0.15, -0.1) is 12.0 Å². The van der Waals surface area contributed by atoms with E-state index in [9.17, 15) is 0 Å². The maximum atomic E-state index is 6.83. The summed E-state index contributed by atoms with van der Waals surface area (Å²) in [6.07, 6.45) is 16.7. The van der Waals surface area contributed by atoms with E-state index in [1.807, 2.05) is 24.4 Å². The first-order valence-corrected chi connectivity index (χ1v) is 13.6. The van der Waals surface area contributed by atoms with E-state index >= 15 is 0 Å². The third-order valence-corrected chi connectivity index (χ3v) is 7.48. The minimum atomic E-state index is -0.184. The predicted molar refractivity (Wildman–Crippen MR) is 158 cm³/mol. The van der Waals surface area contributed by atoms with Crippen molar-refractivity contribution in [1.29, 1.82) is 0 Å². The second-order valence-electron chi connectivity index (χ2n) is 9.88. The lowest BCUT2D eigenvalue weighted by atomic mass is 10.0. The highest BCUT2D eigenvalue weighted by atomic mass is 35.5. The average Bonchev–Trinajstić information content (AvgIpc) is 3.72. The topological polar surface area (TPSA) is 77.1 Å². The molecule has 7 nitrogen and oxygen atoms in total. The van der Waals surface area contributed by atoms with Gasteiger partial charge >= 0.3 is 0 Å². The summed E-state index contributed by atoms with van der Waals surface area (Å²) >= 11 is 6.83. The minimum Gasteiger partial charge on any atom is -0.377 e. The van der Waals surface area contributed by atoms with Crippen molar-refractivity contribution >= 4 is 33.9 Å². The van der Waals surface area contributed by atoms with Gasteiger partial charge in [0, 0.05) is 41.9 Å². The maximum Gasteiger partial charge on any atom is 0.0959 e. The van der Waals surface area contributed by atoms with Crippen LogP contribution in [0.15, 0.2) is 85.1 Å². The molecule has 0 saturated heterocycles. The molecule has 0 bridgehead atoms. The molecular weight excluding hydrogens is 506 g/mol. The summed E-state index contributed by atoms with van der Waals surface area (Å²) in [6, 6.07) is 18.8. The highest BCUT2D eigenvalue weighted by Crippen LogP contribution is 2.38. The molecule has 1 saturated carbocycles. The molecule has 1 aliphatic carbocycles. The van der Waals surface area contributed by atoms with E-state index < -0.39 is 0 Å². The van der Waals surface area contributed by atoms with Crippen LogP contribution < -0.4 is 21.6 Å². The molecule has 0 spiro atoms. The Balaban J connectivity index is 1.40. The molecule has 6 rings (SSSR count). The first-order valence-electron chi connectivity index (χ1n) is 13.2. The van der Waals surface area contributed by atoms with Crippen molar-refractivity contribution in [3.05, 3.63) is 107 Å². The van der Waals surface area contributed by atoms with Crippen molar-refractivity contribution in [3.63, 3.8) is 0 Å². The van der Waals surface area contributed by atoms with Crippen molar-refractivity contribution in [3.8, 4) is 12.3 Å². The van der Waals surface area contributed by atoms with E-state index in [0.29, 0.717) is 22.1 Å². The van der Waals surface area contributed by atoms with Gasteiger partial charge in [0.25, 0.3) is 0 Å². The highest BCUT2D eigenvalue weighted by Gasteiger charge is 2.32. The molecule has 3 heterocycles. The lowest BCUT2D eigenvalue weighted by molar-refractivity contribution is 0.260. The van der Waals surface area contributed by atoms with Gasteiger partial charge in [-0.25, -0.2) is 0 Å². The molecule has 0 unspecified atom stereocenters. The first kappa shape index (κ1) is 25.1. The van der Waals surface area contributed by atoms with Gasteiger partial charge in [-0.3, -0.25) is 15.0 Å². The second-order valence-corrected chi connectivity index (χ2v) is 10.3. The number of hydrazine groups is 2. The molecule has 4 N–H and O–H groups in total. The molecule has 2 atom stereocenters. The maximum absolute atomic E-state index is 6.83. The summed E-state index contributed by atoms with van der Waals surface area (Å²) in [6.45, 7) is 2.16. The van der Waals surface area contributed by atoms with Gasteiger partial charge < -0.3 is 16.1 Å². The number of terminal acetylenes is 1. The van der Waals surface area contributed by atoms with Gasteiger partial charge in [0.1, 0.15) is 0 Å². The number of fused-ring (bicyclic) bond motifs is 1. The Hall–Kier alpha value is -4.25. The highest BCUT2D eigenvalue weighted by molar-refractivity contribution is 6.35. The van der Waals surface area contributed by atoms with Crippen LogP contribution in [0.2, 0.25) is 5.02 Å². The zero-order valence-corrected chi connectivity index (χ0v) is 22.4. The number of halogens is 1. The number of anilines is 2. The van der Waals surface area contributed by atoms with Gasteiger partial charge in [-0.1, -0.05) is 60.8 Å². The van der Waals surface area contributed by atoms with Crippen molar-refractivity contribution in [2.45, 2.75) is 44.3 Å². The van der Waals surface area contributed by atoms with Gasteiger partial charge in [0.2, 0.25) is 0 Å². The number of benzene rings is 2. The third-order valence-electron chi connectivity index (χ3n) is 7.20. The largest absolute Gasteiger partial charge is 0.377 e. The monoisotopic (exact) mass is 535 g/mol. The van der Waals surface area contributed by atoms with Crippen LogP contribution in [-0.4, -0.2) is 21.0 Å². The normalized spacial score (nSPS) is 16.2. The lowest BCUT2D eigenvalue weighted by Crippen LogP contribution is -2.38. The van der Waals surface area contributed by atoms with Crippen LogP contribution in [0.4, 0.5) is 11.4 Å². The summed E-state index contributed by atoms with van der Waals surface area (Å²) in [7, 11) is 0. The fourth-order valence-electron chi connectivity index (χ4n) is 4.98. The quantitative estimate of drug-likeness (QED) is 0.187. The van der Waals surface area contributed by atoms with Crippen molar-refractivity contribution in [1.82, 2.24) is 25.9 Å². The Labute approximate surface area is 233 Å². The second kappa shape index (κ2) is 10.9. The molecule has 2 aromatic carbocycles. The van der Waals surface area contributed by atoms with Crippen molar-refractivity contribution < 1.29 is 0 Å². The molecule has 196 valence electrons. The standard InChI is InChI=1S/C31H30ClN7/c1-3-20-18-34-31-25(29(20)36-27(4-2)21-9-6-5-7-10-21)15-23(16-26(31)32)35-30(22-11-8-14-33-17-22)28-19-39(38-37-28)24-12-13-24/h1,5-11,14-19,24,27,30,35,37-38H,4,12-13H2,2H3,(H,34,36)/t27-,30+/m1/s1. The number of nitrogens with zero attached hydrogens (tertiary/aromatic N) is 3. The molecule has 0 radical (unpaired) electrons. The smallest absolute Gasteiger partial charge is 0.0959 e. The van der Waals surface area contributed by atoms with Crippen LogP contribution in [0, 0.1) is 12.3 Å². The summed E-state index contributed by atoms with van der Waals surface area (Å²) in [5.41, 5.74) is 12.9. The summed E-state index contributed by atoms with van der Waals surface area (Å²) < 4.78 is 0. The SMILES string of the molecule is C#Cc1cnc2c(Cl)cc(N[C@H](C3=CN(C4CC4)NN3)c3cccnc3)cc2c1N[C@H](CC)c1ccccc1. The zero-order chi connectivity index (χ0) is 26.8. The fraction of sp³-hybridized carbons (Fsp3) is 0.226. The Morgan fingerprint density at radius 2 is 1.92 bits per heavy atom. The third kappa shape index (κ3) is 5.22. The number of aromatic nitrogens is 2. The number of pyridine rings is 2. The van der Waals surface area contributed by atoms with E-state index in [2.05, 4.69) is 92.0 Å². The van der Waals surface area contributed by atoms with Gasteiger partial charge in [-0.2, -0.15) is 0 Å². The predicted octanol–water partition coefficient (Wildman–Crippen LogP) is 6.31. The Morgan fingerprint density at radius 1 is 1.10 bits per heavy atom. The molecule has 4 aromatic rings. The molecule has 0 amide bonds. The van der Waals surface area contributed by atoms with E-state index in [0.717, 1.165) is 34.4 Å². The van der Waals surface area contributed by atoms with Crippen molar-refractivity contribution in [2.75, 3.05) is 10.6 Å². The van der Waals surface area contributed by atoms with Crippen molar-refractivity contribution in [2.24, 2.45) is 0 Å². The number of hydrogen-bond acceptors (Lipinski definition) is 7. The van der Waals surface area contributed by atoms with E-state index in [-0.39, 0.29) is 12.1 Å². The van der Waals surface area contributed by atoms with Gasteiger partial charge in [0.05, 0.1) is 39.6 Å². The van der Waals surface area contributed by atoms with E-state index in [1.54, 1.807) is 12.4 Å². The fourth-order valence-corrected chi connectivity index (χ4v) is 5.25. The van der Waals surface area contributed by atoms with Crippen LogP contribution in [0.5, 0.6) is 0 Å². The number of hydrogen-bond donors (Lipinski definition) is 4. The van der Waals surface area contributed by atoms with Crippen LogP contribution in [0.3, 0.4) is 0 Å². The molecule has 39 heavy (non-hydrogen) atoms. The lowest BCUT2D eigenvalue weighted by Gasteiger charge is -2.23. The molecule has 1 aliphatic heterocycles. The van der Waals surface area contributed by atoms with Crippen LogP contribution in [0.1, 0.15) is 55.0 Å². The van der Waals surface area contributed by atoms with Crippen LogP contribution >= 0.6 is 11.6 Å². The first-order chi connectivity index (χ1) is 19.1. The van der Waals surface area contributed by atoms with Gasteiger partial charge in [-0.05, 0) is 48.6 Å². The van der Waals surface area contributed by atoms with E-state index in [1.165, 1.54) is 18.4 Å². The number of nitrogens with one attached hydrogen (secondary N) is 4. The minimum absolute atomic E-state index is 0.0785. The number of rotatable bonds is 9. The summed E-state index contributed by atoms with van der Waals surface area (Å²) in [5, 5.41) is 10.9. The molecule has 1 fully saturated rings. The van der Waals surface area contributed by atoms with Crippen LogP contribution in [0.25, 0.3) is 10.9 Å². The molecule has 2 aliphatic rings. The summed E-state index contributed by atoms with van der Waals surface area (Å²) in [4.78, 5) is 8.98. The Bertz CT molecular complexity index is 1540. The Kier molecular flexibility index (Phi) is 6.97. The average molecular weight is 536 g/mol. The molecular formula is C31H30ClN7. The van der Waals surface area contributed by atoms with E-state index in [4.69, 9.17) is 18.0 Å². The molecule has 2 aromatic heterocycles. The zero-order valence-electron chi connectivity index (χ0n) is 21.7. The molecule has 8 heteroatoms. The summed E-state index contributed by atoms with van der Waals surface area (Å²) in [5.74, 6) is 2.81. The Morgan fingerprint density at radius 3 is 2.64 bits per heavy atom. The van der Waals surface area contributed by atoms with Gasteiger partial charge in [0.15, 0.2) is 0 Å².